The molecule has 0 aromatic carbocycles. The van der Waals surface area contributed by atoms with Crippen molar-refractivity contribution in [2.45, 2.75) is 13.5 Å². The molecule has 2 aromatic heterocycles. The van der Waals surface area contributed by atoms with Crippen molar-refractivity contribution >= 4 is 5.82 Å². The maximum absolute atomic E-state index is 13.0. The van der Waals surface area contributed by atoms with Crippen molar-refractivity contribution < 1.29 is 4.39 Å². The lowest BCUT2D eigenvalue weighted by atomic mass is 10.5. The summed E-state index contributed by atoms with van der Waals surface area (Å²) in [7, 11) is 0. The molecule has 6 nitrogen and oxygen atoms in total. The van der Waals surface area contributed by atoms with Gasteiger partial charge in [-0.25, -0.2) is 15.0 Å². The summed E-state index contributed by atoms with van der Waals surface area (Å²) in [5, 5.41) is 9.33. The van der Waals surface area contributed by atoms with E-state index in [1.165, 1.54) is 12.4 Å². The highest BCUT2D eigenvalue weighted by Gasteiger charge is 2.04. The van der Waals surface area contributed by atoms with Crippen LogP contribution in [0.1, 0.15) is 11.6 Å². The first-order chi connectivity index (χ1) is 7.25. The van der Waals surface area contributed by atoms with Crippen molar-refractivity contribution in [2.24, 2.45) is 0 Å². The molecule has 2 heterocycles. The second-order valence-corrected chi connectivity index (χ2v) is 2.89. The van der Waals surface area contributed by atoms with E-state index < -0.39 is 5.95 Å². The minimum absolute atomic E-state index is 0.0972. The van der Waals surface area contributed by atoms with E-state index >= 15 is 0 Å². The average molecular weight is 208 g/mol. The standard InChI is InChI=1S/C8H9FN6/c1-5-13-6(15-14-5)4-12-8-7(9)10-2-3-11-8/h2-3H,4H2,1H3,(H,11,12)(H,13,14,15). The van der Waals surface area contributed by atoms with Crippen molar-refractivity contribution in [1.29, 1.82) is 0 Å². The van der Waals surface area contributed by atoms with Gasteiger partial charge in [0, 0.05) is 12.4 Å². The molecule has 0 fully saturated rings. The number of nitrogens with one attached hydrogen (secondary N) is 2. The molecule has 15 heavy (non-hydrogen) atoms. The maximum Gasteiger partial charge on any atom is 0.255 e. The molecular weight excluding hydrogens is 199 g/mol. The number of H-pyrrole nitrogens is 1. The number of nitrogens with zero attached hydrogens (tertiary/aromatic N) is 4. The lowest BCUT2D eigenvalue weighted by Crippen LogP contribution is -2.05. The molecule has 0 spiro atoms. The fourth-order valence-electron chi connectivity index (χ4n) is 1.07. The van der Waals surface area contributed by atoms with Crippen molar-refractivity contribution in [3.63, 3.8) is 0 Å². The summed E-state index contributed by atoms with van der Waals surface area (Å²) in [4.78, 5) is 11.3. The Morgan fingerprint density at radius 1 is 1.40 bits per heavy atom. The van der Waals surface area contributed by atoms with Gasteiger partial charge in [-0.05, 0) is 6.92 Å². The fraction of sp³-hybridized carbons (Fsp3) is 0.250. The zero-order valence-corrected chi connectivity index (χ0v) is 8.03. The molecule has 0 aliphatic heterocycles. The summed E-state index contributed by atoms with van der Waals surface area (Å²) < 4.78 is 13.0. The van der Waals surface area contributed by atoms with E-state index in [2.05, 4.69) is 30.5 Å². The van der Waals surface area contributed by atoms with Crippen molar-refractivity contribution in [1.82, 2.24) is 25.1 Å². The van der Waals surface area contributed by atoms with Gasteiger partial charge in [0.15, 0.2) is 11.6 Å². The number of rotatable bonds is 3. The number of aromatic nitrogens is 5. The van der Waals surface area contributed by atoms with E-state index in [9.17, 15) is 4.39 Å². The first kappa shape index (κ1) is 9.50. The third kappa shape index (κ3) is 2.25. The molecule has 7 heteroatoms. The zero-order chi connectivity index (χ0) is 10.7. The maximum atomic E-state index is 13.0. The van der Waals surface area contributed by atoms with Gasteiger partial charge in [-0.3, -0.25) is 5.10 Å². The van der Waals surface area contributed by atoms with Gasteiger partial charge >= 0.3 is 0 Å². The number of hydrogen-bond donors (Lipinski definition) is 2. The normalized spacial score (nSPS) is 10.3. The lowest BCUT2D eigenvalue weighted by molar-refractivity contribution is 0.580. The van der Waals surface area contributed by atoms with Gasteiger partial charge in [0.25, 0.3) is 5.95 Å². The third-order valence-corrected chi connectivity index (χ3v) is 1.71. The summed E-state index contributed by atoms with van der Waals surface area (Å²) in [6.45, 7) is 2.10. The summed E-state index contributed by atoms with van der Waals surface area (Å²) in [6.07, 6.45) is 2.70. The Hall–Kier alpha value is -2.05. The molecule has 0 bridgehead atoms. The van der Waals surface area contributed by atoms with Gasteiger partial charge in [0.2, 0.25) is 0 Å². The van der Waals surface area contributed by atoms with Crippen LogP contribution in [-0.4, -0.2) is 25.1 Å². The molecule has 0 atom stereocenters. The number of halogens is 1. The second kappa shape index (κ2) is 3.99. The minimum Gasteiger partial charge on any atom is -0.359 e. The monoisotopic (exact) mass is 208 g/mol. The second-order valence-electron chi connectivity index (χ2n) is 2.89. The van der Waals surface area contributed by atoms with Gasteiger partial charge in [0.05, 0.1) is 6.54 Å². The van der Waals surface area contributed by atoms with E-state index in [1.807, 2.05) is 0 Å². The van der Waals surface area contributed by atoms with E-state index in [0.29, 0.717) is 18.2 Å². The fourth-order valence-corrected chi connectivity index (χ4v) is 1.07. The van der Waals surface area contributed by atoms with Crippen LogP contribution in [0.5, 0.6) is 0 Å². The Kier molecular flexibility index (Phi) is 2.53. The quantitative estimate of drug-likeness (QED) is 0.774. The highest BCUT2D eigenvalue weighted by atomic mass is 19.1. The molecule has 0 aliphatic rings. The van der Waals surface area contributed by atoms with Crippen LogP contribution in [0.3, 0.4) is 0 Å². The molecular formula is C8H9FN6. The lowest BCUT2D eigenvalue weighted by Gasteiger charge is -2.01. The van der Waals surface area contributed by atoms with Gasteiger partial charge < -0.3 is 5.32 Å². The molecule has 0 aliphatic carbocycles. The highest BCUT2D eigenvalue weighted by Crippen LogP contribution is 2.06. The smallest absolute Gasteiger partial charge is 0.255 e. The highest BCUT2D eigenvalue weighted by molar-refractivity contribution is 5.31. The molecule has 0 saturated carbocycles. The minimum atomic E-state index is -0.634. The number of hydrogen-bond acceptors (Lipinski definition) is 5. The topological polar surface area (TPSA) is 79.4 Å². The van der Waals surface area contributed by atoms with Crippen LogP contribution in [-0.2, 0) is 6.54 Å². The summed E-state index contributed by atoms with van der Waals surface area (Å²) >= 11 is 0. The average Bonchev–Trinajstić information content (AvgIpc) is 2.63. The first-order valence-corrected chi connectivity index (χ1v) is 4.34. The van der Waals surface area contributed by atoms with Crippen LogP contribution in [0.25, 0.3) is 0 Å². The van der Waals surface area contributed by atoms with Crippen LogP contribution in [0, 0.1) is 12.9 Å². The van der Waals surface area contributed by atoms with Crippen molar-refractivity contribution in [3.05, 3.63) is 30.0 Å². The van der Waals surface area contributed by atoms with E-state index in [1.54, 1.807) is 6.92 Å². The first-order valence-electron chi connectivity index (χ1n) is 4.34. The predicted molar refractivity (Wildman–Crippen MR) is 50.4 cm³/mol. The Bertz CT molecular complexity index is 454. The number of aromatic amines is 1. The zero-order valence-electron chi connectivity index (χ0n) is 8.03. The Morgan fingerprint density at radius 2 is 2.20 bits per heavy atom. The Morgan fingerprint density at radius 3 is 2.87 bits per heavy atom. The summed E-state index contributed by atoms with van der Waals surface area (Å²) in [5.74, 6) is 0.730. The van der Waals surface area contributed by atoms with Crippen LogP contribution < -0.4 is 5.32 Å². The molecule has 0 unspecified atom stereocenters. The SMILES string of the molecule is Cc1nc(CNc2nccnc2F)n[nH]1. The van der Waals surface area contributed by atoms with Gasteiger partial charge in [0.1, 0.15) is 5.82 Å². The van der Waals surface area contributed by atoms with E-state index in [0.717, 1.165) is 0 Å². The molecule has 2 aromatic rings. The molecule has 0 radical (unpaired) electrons. The number of anilines is 1. The predicted octanol–water partition coefficient (Wildman–Crippen LogP) is 0.654. The molecule has 2 N–H and O–H groups in total. The number of aryl methyl sites for hydroxylation is 1. The largest absolute Gasteiger partial charge is 0.359 e. The summed E-state index contributed by atoms with van der Waals surface area (Å²) in [6, 6.07) is 0. The van der Waals surface area contributed by atoms with Crippen LogP contribution in [0.15, 0.2) is 12.4 Å². The molecule has 2 rings (SSSR count). The van der Waals surface area contributed by atoms with Gasteiger partial charge in [-0.15, -0.1) is 0 Å². The van der Waals surface area contributed by atoms with Gasteiger partial charge in [-0.1, -0.05) is 0 Å². The van der Waals surface area contributed by atoms with Crippen molar-refractivity contribution in [2.75, 3.05) is 5.32 Å². The van der Waals surface area contributed by atoms with Crippen molar-refractivity contribution in [3.8, 4) is 0 Å². The summed E-state index contributed by atoms with van der Waals surface area (Å²) in [5.41, 5.74) is 0. The van der Waals surface area contributed by atoms with E-state index in [-0.39, 0.29) is 5.82 Å². The van der Waals surface area contributed by atoms with Crippen LogP contribution >= 0.6 is 0 Å². The molecule has 78 valence electrons. The Labute approximate surface area is 85.0 Å². The van der Waals surface area contributed by atoms with Gasteiger partial charge in [-0.2, -0.15) is 9.49 Å². The third-order valence-electron chi connectivity index (χ3n) is 1.71. The van der Waals surface area contributed by atoms with E-state index in [4.69, 9.17) is 0 Å². The Balaban J connectivity index is 2.02. The molecule has 0 saturated heterocycles. The molecule has 0 amide bonds. The van der Waals surface area contributed by atoms with Crippen LogP contribution in [0.2, 0.25) is 0 Å². The van der Waals surface area contributed by atoms with Crippen LogP contribution in [0.4, 0.5) is 10.2 Å².